The quantitative estimate of drug-likeness (QED) is 0.838. The third kappa shape index (κ3) is 4.08. The van der Waals surface area contributed by atoms with Crippen molar-refractivity contribution in [3.63, 3.8) is 0 Å². The third-order valence-electron chi connectivity index (χ3n) is 4.03. The SMILES string of the molecule is CC(Oc1ccc2cc(Br)ccc2c1)C(=O)NC1CCS(=O)(=O)C1. The van der Waals surface area contributed by atoms with Crippen LogP contribution in [-0.2, 0) is 14.6 Å². The Kier molecular flexibility index (Phi) is 4.83. The van der Waals surface area contributed by atoms with E-state index >= 15 is 0 Å². The van der Waals surface area contributed by atoms with Crippen molar-refractivity contribution in [3.8, 4) is 5.75 Å². The lowest BCUT2D eigenvalue weighted by molar-refractivity contribution is -0.127. The van der Waals surface area contributed by atoms with Crippen LogP contribution >= 0.6 is 15.9 Å². The van der Waals surface area contributed by atoms with Gasteiger partial charge in [0.15, 0.2) is 15.9 Å². The highest BCUT2D eigenvalue weighted by Crippen LogP contribution is 2.24. The Morgan fingerprint density at radius 2 is 1.96 bits per heavy atom. The summed E-state index contributed by atoms with van der Waals surface area (Å²) >= 11 is 3.43. The van der Waals surface area contributed by atoms with Gasteiger partial charge in [-0.3, -0.25) is 4.79 Å². The highest BCUT2D eigenvalue weighted by molar-refractivity contribution is 9.10. The minimum Gasteiger partial charge on any atom is -0.481 e. The van der Waals surface area contributed by atoms with E-state index in [4.69, 9.17) is 4.74 Å². The van der Waals surface area contributed by atoms with Gasteiger partial charge in [0, 0.05) is 10.5 Å². The molecule has 3 rings (SSSR count). The Hall–Kier alpha value is -1.60. The van der Waals surface area contributed by atoms with Gasteiger partial charge in [-0.05, 0) is 48.4 Å². The van der Waals surface area contributed by atoms with Crippen LogP contribution in [0.3, 0.4) is 0 Å². The number of carbonyl (C=O) groups is 1. The number of benzene rings is 2. The summed E-state index contributed by atoms with van der Waals surface area (Å²) in [5, 5.41) is 4.84. The summed E-state index contributed by atoms with van der Waals surface area (Å²) in [5.74, 6) is 0.448. The average molecular weight is 412 g/mol. The molecule has 0 spiro atoms. The van der Waals surface area contributed by atoms with Crippen LogP contribution in [0.4, 0.5) is 0 Å². The maximum atomic E-state index is 12.2. The van der Waals surface area contributed by atoms with Gasteiger partial charge in [0.25, 0.3) is 5.91 Å². The van der Waals surface area contributed by atoms with E-state index < -0.39 is 15.9 Å². The Labute approximate surface area is 149 Å². The van der Waals surface area contributed by atoms with Gasteiger partial charge in [0.1, 0.15) is 5.75 Å². The maximum Gasteiger partial charge on any atom is 0.261 e. The van der Waals surface area contributed by atoms with Crippen molar-refractivity contribution < 1.29 is 17.9 Å². The summed E-state index contributed by atoms with van der Waals surface area (Å²) in [6.07, 6.45) is -0.229. The monoisotopic (exact) mass is 411 g/mol. The molecule has 128 valence electrons. The molecular weight excluding hydrogens is 394 g/mol. The molecule has 1 aliphatic rings. The first-order chi connectivity index (χ1) is 11.3. The fourth-order valence-corrected chi connectivity index (χ4v) is 4.81. The summed E-state index contributed by atoms with van der Waals surface area (Å²) in [6, 6.07) is 11.2. The van der Waals surface area contributed by atoms with Crippen molar-refractivity contribution >= 4 is 42.4 Å². The molecule has 7 heteroatoms. The highest BCUT2D eigenvalue weighted by atomic mass is 79.9. The van der Waals surface area contributed by atoms with Crippen LogP contribution in [0.1, 0.15) is 13.3 Å². The molecule has 1 saturated heterocycles. The van der Waals surface area contributed by atoms with E-state index in [1.165, 1.54) is 0 Å². The van der Waals surface area contributed by atoms with Crippen LogP contribution in [-0.4, -0.2) is 38.0 Å². The molecule has 2 unspecified atom stereocenters. The Morgan fingerprint density at radius 1 is 1.25 bits per heavy atom. The molecule has 1 aliphatic heterocycles. The predicted octanol–water partition coefficient (Wildman–Crippen LogP) is 2.67. The molecule has 1 amide bonds. The number of ether oxygens (including phenoxy) is 1. The van der Waals surface area contributed by atoms with Gasteiger partial charge in [0.2, 0.25) is 0 Å². The van der Waals surface area contributed by atoms with E-state index in [2.05, 4.69) is 21.2 Å². The Morgan fingerprint density at radius 3 is 2.67 bits per heavy atom. The van der Waals surface area contributed by atoms with Gasteiger partial charge in [-0.15, -0.1) is 0 Å². The second-order valence-corrected chi connectivity index (χ2v) is 9.17. The summed E-state index contributed by atoms with van der Waals surface area (Å²) in [7, 11) is -3.01. The number of hydrogen-bond donors (Lipinski definition) is 1. The lowest BCUT2D eigenvalue weighted by Gasteiger charge is -2.17. The molecule has 1 fully saturated rings. The van der Waals surface area contributed by atoms with E-state index in [9.17, 15) is 13.2 Å². The molecule has 0 radical (unpaired) electrons. The normalized spacial score (nSPS) is 20.7. The smallest absolute Gasteiger partial charge is 0.261 e. The zero-order chi connectivity index (χ0) is 17.3. The van der Waals surface area contributed by atoms with Crippen LogP contribution in [0.2, 0.25) is 0 Å². The number of sulfone groups is 1. The molecule has 2 aromatic rings. The molecule has 0 saturated carbocycles. The first-order valence-electron chi connectivity index (χ1n) is 7.69. The number of halogens is 1. The minimum atomic E-state index is -3.01. The van der Waals surface area contributed by atoms with E-state index in [-0.39, 0.29) is 23.5 Å². The summed E-state index contributed by atoms with van der Waals surface area (Å²) in [4.78, 5) is 12.2. The van der Waals surface area contributed by atoms with E-state index in [1.54, 1.807) is 6.92 Å². The van der Waals surface area contributed by atoms with Crippen LogP contribution in [0, 0.1) is 0 Å². The zero-order valence-electron chi connectivity index (χ0n) is 13.2. The largest absolute Gasteiger partial charge is 0.481 e. The molecule has 0 aliphatic carbocycles. The molecule has 1 heterocycles. The van der Waals surface area contributed by atoms with Gasteiger partial charge in [-0.25, -0.2) is 8.42 Å². The van der Waals surface area contributed by atoms with Crippen molar-refractivity contribution in [2.24, 2.45) is 0 Å². The molecule has 24 heavy (non-hydrogen) atoms. The fraction of sp³-hybridized carbons (Fsp3) is 0.353. The van der Waals surface area contributed by atoms with E-state index in [1.807, 2.05) is 36.4 Å². The van der Waals surface area contributed by atoms with Crippen molar-refractivity contribution in [1.29, 1.82) is 0 Å². The molecule has 5 nitrogen and oxygen atoms in total. The zero-order valence-corrected chi connectivity index (χ0v) is 15.6. The standard InChI is InChI=1S/C17H18BrNO4S/c1-11(17(20)19-15-6-7-24(21,22)10-15)23-16-5-3-12-8-14(18)4-2-13(12)9-16/h2-5,8-9,11,15H,6-7,10H2,1H3,(H,19,20). The van der Waals surface area contributed by atoms with Gasteiger partial charge >= 0.3 is 0 Å². The highest BCUT2D eigenvalue weighted by Gasteiger charge is 2.30. The van der Waals surface area contributed by atoms with Crippen LogP contribution < -0.4 is 10.1 Å². The lowest BCUT2D eigenvalue weighted by Crippen LogP contribution is -2.43. The Balaban J connectivity index is 1.64. The molecule has 1 N–H and O–H groups in total. The second-order valence-electron chi connectivity index (χ2n) is 6.02. The Bertz CT molecular complexity index is 881. The van der Waals surface area contributed by atoms with Crippen molar-refractivity contribution in [2.45, 2.75) is 25.5 Å². The molecule has 0 bridgehead atoms. The summed E-state index contributed by atoms with van der Waals surface area (Å²) < 4.78 is 29.6. The average Bonchev–Trinajstić information content (AvgIpc) is 2.86. The lowest BCUT2D eigenvalue weighted by atomic mass is 10.1. The second kappa shape index (κ2) is 6.72. The fourth-order valence-electron chi connectivity index (χ4n) is 2.75. The number of carbonyl (C=O) groups excluding carboxylic acids is 1. The molecule has 2 aromatic carbocycles. The minimum absolute atomic E-state index is 0.0102. The third-order valence-corrected chi connectivity index (χ3v) is 6.30. The predicted molar refractivity (Wildman–Crippen MR) is 96.9 cm³/mol. The number of rotatable bonds is 4. The summed E-state index contributed by atoms with van der Waals surface area (Å²) in [6.45, 7) is 1.66. The van der Waals surface area contributed by atoms with Gasteiger partial charge in [-0.1, -0.05) is 28.1 Å². The first kappa shape index (κ1) is 17.2. The first-order valence-corrected chi connectivity index (χ1v) is 10.3. The number of nitrogens with one attached hydrogen (secondary N) is 1. The van der Waals surface area contributed by atoms with Gasteiger partial charge in [0.05, 0.1) is 11.5 Å². The number of amides is 1. The number of fused-ring (bicyclic) bond motifs is 1. The molecular formula is C17H18BrNO4S. The van der Waals surface area contributed by atoms with Crippen molar-refractivity contribution in [3.05, 3.63) is 40.9 Å². The van der Waals surface area contributed by atoms with Crippen LogP contribution in [0.15, 0.2) is 40.9 Å². The molecule has 0 aromatic heterocycles. The van der Waals surface area contributed by atoms with Crippen molar-refractivity contribution in [2.75, 3.05) is 11.5 Å². The van der Waals surface area contributed by atoms with Gasteiger partial charge in [-0.2, -0.15) is 0 Å². The number of hydrogen-bond acceptors (Lipinski definition) is 4. The van der Waals surface area contributed by atoms with Crippen molar-refractivity contribution in [1.82, 2.24) is 5.32 Å². The maximum absolute atomic E-state index is 12.2. The summed E-state index contributed by atoms with van der Waals surface area (Å²) in [5.41, 5.74) is 0. The molecule has 2 atom stereocenters. The van der Waals surface area contributed by atoms with Crippen LogP contribution in [0.25, 0.3) is 10.8 Å². The van der Waals surface area contributed by atoms with E-state index in [0.717, 1.165) is 15.2 Å². The van der Waals surface area contributed by atoms with Crippen LogP contribution in [0.5, 0.6) is 5.75 Å². The van der Waals surface area contributed by atoms with E-state index in [0.29, 0.717) is 12.2 Å². The van der Waals surface area contributed by atoms with Gasteiger partial charge < -0.3 is 10.1 Å². The topological polar surface area (TPSA) is 72.5 Å².